The van der Waals surface area contributed by atoms with Crippen LogP contribution in [0.4, 0.5) is 11.4 Å². The number of amides is 3. The van der Waals surface area contributed by atoms with E-state index in [1.807, 2.05) is 44.2 Å². The summed E-state index contributed by atoms with van der Waals surface area (Å²) in [5.74, 6) is -0.978. The van der Waals surface area contributed by atoms with Gasteiger partial charge in [0.1, 0.15) is 10.9 Å². The summed E-state index contributed by atoms with van der Waals surface area (Å²) in [5, 5.41) is 2.87. The number of carbonyl (C=O) groups is 3. The molecule has 0 radical (unpaired) electrons. The van der Waals surface area contributed by atoms with E-state index in [0.717, 1.165) is 17.3 Å². The van der Waals surface area contributed by atoms with Crippen LogP contribution in [0.3, 0.4) is 0 Å². The third-order valence-electron chi connectivity index (χ3n) is 5.59. The van der Waals surface area contributed by atoms with Gasteiger partial charge in [-0.3, -0.25) is 24.2 Å². The Morgan fingerprint density at radius 2 is 1.79 bits per heavy atom. The topological polar surface area (TPSA) is 79.0 Å². The fraction of sp³-hybridized carbons (Fsp3) is 0.280. The third-order valence-corrected chi connectivity index (χ3v) is 7.04. The summed E-state index contributed by atoms with van der Waals surface area (Å²) in [6.07, 6.45) is 0.651. The zero-order valence-corrected chi connectivity index (χ0v) is 20.6. The van der Waals surface area contributed by atoms with Crippen LogP contribution in [0.15, 0.2) is 53.4 Å². The standard InChI is InChI=1S/C25H25N3O4S2/c1-3-32-14-8-13-27-24(31)22(34-25(27)33)21-17-10-5-7-12-19(17)28(23(21)30)15-20(29)26-18-11-6-4-9-16(18)2/h4-7,9-12H,3,8,13-15H2,1-2H3,(H,26,29). The van der Waals surface area contributed by atoms with Crippen LogP contribution in [-0.4, -0.2) is 53.2 Å². The molecule has 0 saturated carbocycles. The van der Waals surface area contributed by atoms with Crippen LogP contribution in [0.25, 0.3) is 5.57 Å². The smallest absolute Gasteiger partial charge is 0.267 e. The molecule has 1 saturated heterocycles. The number of thioether (sulfide) groups is 1. The lowest BCUT2D eigenvalue weighted by molar-refractivity contribution is -0.122. The molecule has 2 aromatic rings. The molecule has 0 atom stereocenters. The van der Waals surface area contributed by atoms with E-state index in [-0.39, 0.29) is 24.3 Å². The number of hydrogen-bond donors (Lipinski definition) is 1. The van der Waals surface area contributed by atoms with Crippen molar-refractivity contribution in [3.8, 4) is 0 Å². The van der Waals surface area contributed by atoms with Crippen LogP contribution in [0.1, 0.15) is 24.5 Å². The van der Waals surface area contributed by atoms with Gasteiger partial charge in [0.15, 0.2) is 0 Å². The van der Waals surface area contributed by atoms with E-state index >= 15 is 0 Å². The molecule has 0 aromatic heterocycles. The highest BCUT2D eigenvalue weighted by molar-refractivity contribution is 8.26. The summed E-state index contributed by atoms with van der Waals surface area (Å²) in [6.45, 7) is 5.23. The maximum atomic E-state index is 13.5. The highest BCUT2D eigenvalue weighted by Crippen LogP contribution is 2.44. The Morgan fingerprint density at radius 3 is 2.56 bits per heavy atom. The van der Waals surface area contributed by atoms with Crippen molar-refractivity contribution < 1.29 is 19.1 Å². The van der Waals surface area contributed by atoms with Gasteiger partial charge < -0.3 is 10.1 Å². The van der Waals surface area contributed by atoms with E-state index in [9.17, 15) is 14.4 Å². The van der Waals surface area contributed by atoms with Gasteiger partial charge >= 0.3 is 0 Å². The lowest BCUT2D eigenvalue weighted by Gasteiger charge is -2.17. The van der Waals surface area contributed by atoms with Crippen LogP contribution < -0.4 is 10.2 Å². The summed E-state index contributed by atoms with van der Waals surface area (Å²) in [6, 6.07) is 14.6. The molecule has 0 spiro atoms. The molecule has 3 amide bonds. The van der Waals surface area contributed by atoms with Crippen LogP contribution in [0.5, 0.6) is 0 Å². The van der Waals surface area contributed by atoms with Gasteiger partial charge in [-0.25, -0.2) is 0 Å². The van der Waals surface area contributed by atoms with Crippen molar-refractivity contribution in [3.05, 3.63) is 64.6 Å². The van der Waals surface area contributed by atoms with Gasteiger partial charge in [0.05, 0.1) is 16.2 Å². The number of rotatable bonds is 8. The van der Waals surface area contributed by atoms with Crippen molar-refractivity contribution in [1.29, 1.82) is 0 Å². The van der Waals surface area contributed by atoms with Gasteiger partial charge in [-0.15, -0.1) is 0 Å². The molecule has 9 heteroatoms. The monoisotopic (exact) mass is 495 g/mol. The second-order valence-electron chi connectivity index (χ2n) is 7.85. The largest absolute Gasteiger partial charge is 0.382 e. The molecular weight excluding hydrogens is 470 g/mol. The molecule has 176 valence electrons. The third kappa shape index (κ3) is 4.77. The van der Waals surface area contributed by atoms with Crippen molar-refractivity contribution in [1.82, 2.24) is 4.90 Å². The number of fused-ring (bicyclic) bond motifs is 1. The molecule has 1 N–H and O–H groups in total. The number of nitrogens with zero attached hydrogens (tertiary/aromatic N) is 2. The average Bonchev–Trinajstić information content (AvgIpc) is 3.25. The van der Waals surface area contributed by atoms with Crippen molar-refractivity contribution in [3.63, 3.8) is 0 Å². The number of aryl methyl sites for hydroxylation is 1. The summed E-state index contributed by atoms with van der Waals surface area (Å²) >= 11 is 6.57. The molecule has 2 aliphatic rings. The van der Waals surface area contributed by atoms with E-state index in [2.05, 4.69) is 5.32 Å². The molecule has 0 unspecified atom stereocenters. The number of hydrogen-bond acceptors (Lipinski definition) is 6. The van der Waals surface area contributed by atoms with E-state index in [0.29, 0.717) is 57.9 Å². The van der Waals surface area contributed by atoms with E-state index in [4.69, 9.17) is 17.0 Å². The van der Waals surface area contributed by atoms with Gasteiger partial charge in [-0.05, 0) is 38.0 Å². The average molecular weight is 496 g/mol. The molecular formula is C25H25N3O4S2. The Balaban J connectivity index is 1.58. The Morgan fingerprint density at radius 1 is 1.06 bits per heavy atom. The summed E-state index contributed by atoms with van der Waals surface area (Å²) < 4.78 is 5.78. The molecule has 0 bridgehead atoms. The van der Waals surface area contributed by atoms with Crippen LogP contribution in [-0.2, 0) is 19.1 Å². The zero-order chi connectivity index (χ0) is 24.2. The fourth-order valence-electron chi connectivity index (χ4n) is 3.91. The zero-order valence-electron chi connectivity index (χ0n) is 19.0. The van der Waals surface area contributed by atoms with Crippen LogP contribution >= 0.6 is 24.0 Å². The maximum absolute atomic E-state index is 13.5. The molecule has 2 aliphatic heterocycles. The van der Waals surface area contributed by atoms with Gasteiger partial charge in [-0.1, -0.05) is 60.4 Å². The first kappa shape index (κ1) is 24.1. The summed E-state index contributed by atoms with van der Waals surface area (Å²) in [5.41, 5.74) is 3.15. The molecule has 1 fully saturated rings. The normalized spacial score (nSPS) is 17.5. The maximum Gasteiger partial charge on any atom is 0.267 e. The summed E-state index contributed by atoms with van der Waals surface area (Å²) in [4.78, 5) is 42.8. The highest BCUT2D eigenvalue weighted by Gasteiger charge is 2.42. The Hall–Kier alpha value is -3.01. The Kier molecular flexibility index (Phi) is 7.45. The molecule has 0 aliphatic carbocycles. The molecule has 2 aromatic carbocycles. The SMILES string of the molecule is CCOCCCN1C(=O)C(=C2C(=O)N(CC(=O)Nc3ccccc3C)c3ccccc32)SC1=S. The lowest BCUT2D eigenvalue weighted by Crippen LogP contribution is -2.35. The number of nitrogens with one attached hydrogen (secondary N) is 1. The van der Waals surface area contributed by atoms with Crippen LogP contribution in [0.2, 0.25) is 0 Å². The van der Waals surface area contributed by atoms with Crippen molar-refractivity contribution in [2.75, 3.05) is 36.5 Å². The van der Waals surface area contributed by atoms with Crippen LogP contribution in [0, 0.1) is 6.92 Å². The van der Waals surface area contributed by atoms with E-state index < -0.39 is 0 Å². The number of thiocarbonyl (C=S) groups is 1. The van der Waals surface area contributed by atoms with E-state index in [1.165, 1.54) is 9.80 Å². The molecule has 4 rings (SSSR count). The van der Waals surface area contributed by atoms with Crippen molar-refractivity contribution >= 4 is 63.0 Å². The number of ether oxygens (including phenoxy) is 1. The number of carbonyl (C=O) groups excluding carboxylic acids is 3. The molecule has 7 nitrogen and oxygen atoms in total. The second-order valence-corrected chi connectivity index (χ2v) is 9.50. The highest BCUT2D eigenvalue weighted by atomic mass is 32.2. The minimum atomic E-state index is -0.379. The minimum absolute atomic E-state index is 0.164. The molecule has 34 heavy (non-hydrogen) atoms. The predicted octanol–water partition coefficient (Wildman–Crippen LogP) is 3.98. The Labute approximate surface area is 208 Å². The Bertz CT molecular complexity index is 1190. The number of para-hydroxylation sites is 2. The van der Waals surface area contributed by atoms with Gasteiger partial charge in [0, 0.05) is 31.0 Å². The summed E-state index contributed by atoms with van der Waals surface area (Å²) in [7, 11) is 0. The first-order valence-corrected chi connectivity index (χ1v) is 12.3. The van der Waals surface area contributed by atoms with Gasteiger partial charge in [-0.2, -0.15) is 0 Å². The van der Waals surface area contributed by atoms with Crippen molar-refractivity contribution in [2.24, 2.45) is 0 Å². The molecule has 2 heterocycles. The van der Waals surface area contributed by atoms with Crippen molar-refractivity contribution in [2.45, 2.75) is 20.3 Å². The van der Waals surface area contributed by atoms with Gasteiger partial charge in [0.25, 0.3) is 11.8 Å². The first-order valence-electron chi connectivity index (χ1n) is 11.0. The number of benzene rings is 2. The van der Waals surface area contributed by atoms with Gasteiger partial charge in [0.2, 0.25) is 5.91 Å². The van der Waals surface area contributed by atoms with E-state index in [1.54, 1.807) is 18.2 Å². The first-order chi connectivity index (χ1) is 16.4. The lowest BCUT2D eigenvalue weighted by atomic mass is 10.1. The minimum Gasteiger partial charge on any atom is -0.382 e. The predicted molar refractivity (Wildman–Crippen MR) is 139 cm³/mol. The number of anilines is 2. The fourth-order valence-corrected chi connectivity index (χ4v) is 5.29. The second kappa shape index (κ2) is 10.5. The quantitative estimate of drug-likeness (QED) is 0.339.